The molecular formula is C15H11I2NS. The van der Waals surface area contributed by atoms with Gasteiger partial charge in [-0.05, 0) is 83.3 Å². The summed E-state index contributed by atoms with van der Waals surface area (Å²) in [5.41, 5.74) is 4.94. The lowest BCUT2D eigenvalue weighted by atomic mass is 10.1. The molecule has 0 amide bonds. The van der Waals surface area contributed by atoms with Gasteiger partial charge in [0.15, 0.2) is 0 Å². The molecule has 2 aromatic carbocycles. The molecule has 19 heavy (non-hydrogen) atoms. The molecule has 1 nitrogen and oxygen atoms in total. The monoisotopic (exact) mass is 491 g/mol. The zero-order valence-electron chi connectivity index (χ0n) is 10.5. The number of hydrogen-bond acceptors (Lipinski definition) is 2. The highest BCUT2D eigenvalue weighted by Crippen LogP contribution is 2.35. The fourth-order valence-corrected chi connectivity index (χ4v) is 4.67. The quantitative estimate of drug-likeness (QED) is 0.393. The van der Waals surface area contributed by atoms with Gasteiger partial charge in [0.1, 0.15) is 5.01 Å². The van der Waals surface area contributed by atoms with Crippen molar-refractivity contribution in [2.24, 2.45) is 0 Å². The van der Waals surface area contributed by atoms with E-state index in [9.17, 15) is 0 Å². The maximum Gasteiger partial charge on any atom is 0.124 e. The number of benzene rings is 2. The van der Waals surface area contributed by atoms with Crippen LogP contribution in [0.15, 0.2) is 30.3 Å². The van der Waals surface area contributed by atoms with Crippen molar-refractivity contribution in [3.05, 3.63) is 48.6 Å². The first-order valence-electron chi connectivity index (χ1n) is 5.88. The summed E-state index contributed by atoms with van der Waals surface area (Å²) in [6.07, 6.45) is 0. The van der Waals surface area contributed by atoms with Crippen molar-refractivity contribution in [3.63, 3.8) is 0 Å². The zero-order valence-corrected chi connectivity index (χ0v) is 15.6. The molecule has 0 spiro atoms. The molecule has 4 heteroatoms. The molecule has 0 N–H and O–H groups in total. The Kier molecular flexibility index (Phi) is 3.83. The van der Waals surface area contributed by atoms with Crippen molar-refractivity contribution in [2.45, 2.75) is 13.8 Å². The van der Waals surface area contributed by atoms with E-state index in [0.717, 1.165) is 10.5 Å². The Balaban J connectivity index is 2.26. The maximum absolute atomic E-state index is 4.83. The summed E-state index contributed by atoms with van der Waals surface area (Å²) in [6, 6.07) is 10.9. The van der Waals surface area contributed by atoms with Gasteiger partial charge in [0.25, 0.3) is 0 Å². The highest BCUT2D eigenvalue weighted by atomic mass is 127. The first-order valence-corrected chi connectivity index (χ1v) is 8.85. The van der Waals surface area contributed by atoms with Crippen LogP contribution < -0.4 is 0 Å². The molecule has 0 saturated carbocycles. The van der Waals surface area contributed by atoms with Crippen LogP contribution in [0.4, 0.5) is 0 Å². The van der Waals surface area contributed by atoms with Crippen LogP contribution in [0.25, 0.3) is 20.8 Å². The number of fused-ring (bicyclic) bond motifs is 1. The number of halogens is 2. The number of aryl methyl sites for hydroxylation is 2. The summed E-state index contributed by atoms with van der Waals surface area (Å²) in [5.74, 6) is 0. The van der Waals surface area contributed by atoms with Crippen LogP contribution in [0, 0.1) is 21.0 Å². The van der Waals surface area contributed by atoms with Crippen molar-refractivity contribution in [1.82, 2.24) is 4.98 Å². The summed E-state index contributed by atoms with van der Waals surface area (Å²) in [7, 11) is 0. The Bertz CT molecular complexity index is 718. The van der Waals surface area contributed by atoms with Crippen molar-refractivity contribution in [1.29, 1.82) is 0 Å². The van der Waals surface area contributed by atoms with Crippen LogP contribution in [0.2, 0.25) is 0 Å². The van der Waals surface area contributed by atoms with E-state index in [1.807, 2.05) is 0 Å². The summed E-state index contributed by atoms with van der Waals surface area (Å²) in [4.78, 5) is 4.83. The van der Waals surface area contributed by atoms with Gasteiger partial charge in [0.05, 0.1) is 10.2 Å². The molecule has 0 aliphatic carbocycles. The third kappa shape index (κ3) is 2.67. The molecule has 0 aliphatic rings. The first kappa shape index (κ1) is 13.8. The van der Waals surface area contributed by atoms with Crippen molar-refractivity contribution >= 4 is 66.7 Å². The third-order valence-corrected chi connectivity index (χ3v) is 6.19. The minimum Gasteiger partial charge on any atom is -0.235 e. The number of rotatable bonds is 1. The van der Waals surface area contributed by atoms with Crippen molar-refractivity contribution < 1.29 is 0 Å². The highest BCUT2D eigenvalue weighted by Gasteiger charge is 2.11. The van der Waals surface area contributed by atoms with Gasteiger partial charge in [-0.3, -0.25) is 0 Å². The molecule has 3 aromatic rings. The molecule has 0 unspecified atom stereocenters. The molecular weight excluding hydrogens is 480 g/mol. The lowest BCUT2D eigenvalue weighted by Crippen LogP contribution is -1.82. The van der Waals surface area contributed by atoms with Gasteiger partial charge in [-0.1, -0.05) is 17.2 Å². The lowest BCUT2D eigenvalue weighted by Gasteiger charge is -2.00. The normalized spacial score (nSPS) is 11.2. The second kappa shape index (κ2) is 5.29. The molecule has 0 saturated heterocycles. The number of aromatic nitrogens is 1. The number of nitrogens with zero attached hydrogens (tertiary/aromatic N) is 1. The minimum absolute atomic E-state index is 1.11. The SMILES string of the molecule is Cc1cc(C)cc(-c2nc3c(I)ccc(I)c3s2)c1. The first-order chi connectivity index (χ1) is 9.04. The lowest BCUT2D eigenvalue weighted by molar-refractivity contribution is 1.37. The van der Waals surface area contributed by atoms with Gasteiger partial charge >= 0.3 is 0 Å². The van der Waals surface area contributed by atoms with Gasteiger partial charge in [-0.15, -0.1) is 11.3 Å². The minimum atomic E-state index is 1.11. The Morgan fingerprint density at radius 3 is 2.21 bits per heavy atom. The molecule has 0 fully saturated rings. The van der Waals surface area contributed by atoms with Crippen LogP contribution >= 0.6 is 56.5 Å². The van der Waals surface area contributed by atoms with Gasteiger partial charge in [0.2, 0.25) is 0 Å². The van der Waals surface area contributed by atoms with Crippen LogP contribution in [0.1, 0.15) is 11.1 Å². The Morgan fingerprint density at radius 2 is 1.58 bits per heavy atom. The van der Waals surface area contributed by atoms with Crippen molar-refractivity contribution in [2.75, 3.05) is 0 Å². The second-order valence-corrected chi connectivity index (χ2v) is 7.93. The average molecular weight is 491 g/mol. The molecule has 1 heterocycles. The largest absolute Gasteiger partial charge is 0.235 e. The van der Waals surface area contributed by atoms with E-state index in [0.29, 0.717) is 0 Å². The third-order valence-electron chi connectivity index (χ3n) is 2.91. The fourth-order valence-electron chi connectivity index (χ4n) is 2.17. The van der Waals surface area contributed by atoms with Crippen LogP contribution in [0.3, 0.4) is 0 Å². The molecule has 0 aliphatic heterocycles. The van der Waals surface area contributed by atoms with Crippen LogP contribution in [0.5, 0.6) is 0 Å². The summed E-state index contributed by atoms with van der Waals surface area (Å²) < 4.78 is 3.79. The van der Waals surface area contributed by atoms with Gasteiger partial charge < -0.3 is 0 Å². The molecule has 0 atom stereocenters. The van der Waals surface area contributed by atoms with Gasteiger partial charge in [-0.2, -0.15) is 0 Å². The van der Waals surface area contributed by atoms with Gasteiger partial charge in [-0.25, -0.2) is 4.98 Å². The second-order valence-electron chi connectivity index (χ2n) is 4.60. The van der Waals surface area contributed by atoms with Crippen LogP contribution in [-0.4, -0.2) is 4.98 Å². The Labute approximate surface area is 143 Å². The number of thiazole rings is 1. The molecule has 0 bridgehead atoms. The van der Waals surface area contributed by atoms with E-state index >= 15 is 0 Å². The average Bonchev–Trinajstić information content (AvgIpc) is 2.79. The van der Waals surface area contributed by atoms with E-state index in [4.69, 9.17) is 4.98 Å². The zero-order chi connectivity index (χ0) is 13.6. The maximum atomic E-state index is 4.83. The standard InChI is InChI=1S/C15H11I2NS/c1-8-5-9(2)7-10(6-8)15-18-13-11(16)3-4-12(17)14(13)19-15/h3-7H,1-2H3. The summed E-state index contributed by atoms with van der Waals surface area (Å²) >= 11 is 6.53. The van der Waals surface area contributed by atoms with Gasteiger partial charge in [0, 0.05) is 12.7 Å². The summed E-state index contributed by atoms with van der Waals surface area (Å²) in [5, 5.41) is 1.11. The smallest absolute Gasteiger partial charge is 0.124 e. The molecule has 1 aromatic heterocycles. The van der Waals surface area contributed by atoms with Crippen molar-refractivity contribution in [3.8, 4) is 10.6 Å². The molecule has 96 valence electrons. The van der Waals surface area contributed by atoms with E-state index < -0.39 is 0 Å². The fraction of sp³-hybridized carbons (Fsp3) is 0.133. The Hall–Kier alpha value is -0.210. The van der Waals surface area contributed by atoms with E-state index in [1.54, 1.807) is 11.3 Å². The topological polar surface area (TPSA) is 12.9 Å². The Morgan fingerprint density at radius 1 is 0.947 bits per heavy atom. The highest BCUT2D eigenvalue weighted by molar-refractivity contribution is 14.1. The summed E-state index contributed by atoms with van der Waals surface area (Å²) in [6.45, 7) is 4.27. The van der Waals surface area contributed by atoms with E-state index in [-0.39, 0.29) is 0 Å². The molecule has 3 rings (SSSR count). The number of hydrogen-bond donors (Lipinski definition) is 0. The van der Waals surface area contributed by atoms with E-state index in [2.05, 4.69) is 89.4 Å². The van der Waals surface area contributed by atoms with E-state index in [1.165, 1.54) is 28.5 Å². The molecule has 0 radical (unpaired) electrons. The predicted octanol–water partition coefficient (Wildman–Crippen LogP) is 5.79. The van der Waals surface area contributed by atoms with Crippen LogP contribution in [-0.2, 0) is 0 Å². The predicted molar refractivity (Wildman–Crippen MR) is 100.0 cm³/mol.